The molecule has 6 heteroatoms. The van der Waals surface area contributed by atoms with E-state index in [0.29, 0.717) is 42.2 Å². The van der Waals surface area contributed by atoms with Gasteiger partial charge < -0.3 is 14.3 Å². The Morgan fingerprint density at radius 1 is 1.18 bits per heavy atom. The highest BCUT2D eigenvalue weighted by molar-refractivity contribution is 5.78. The van der Waals surface area contributed by atoms with Gasteiger partial charge in [-0.3, -0.25) is 9.59 Å². The molecule has 0 atom stereocenters. The minimum Gasteiger partial charge on any atom is -0.493 e. The lowest BCUT2D eigenvalue weighted by Gasteiger charge is -2.09. The van der Waals surface area contributed by atoms with Crippen molar-refractivity contribution in [1.29, 1.82) is 0 Å². The van der Waals surface area contributed by atoms with Gasteiger partial charge in [0.1, 0.15) is 17.8 Å². The maximum Gasteiger partial charge on any atom is 0.303 e. The summed E-state index contributed by atoms with van der Waals surface area (Å²) < 4.78 is 11.5. The summed E-state index contributed by atoms with van der Waals surface area (Å²) in [6.07, 6.45) is 1.58. The van der Waals surface area contributed by atoms with Gasteiger partial charge >= 0.3 is 5.97 Å². The number of oxazole rings is 1. The van der Waals surface area contributed by atoms with Gasteiger partial charge in [-0.05, 0) is 43.2 Å². The monoisotopic (exact) mass is 379 g/mol. The van der Waals surface area contributed by atoms with E-state index < -0.39 is 5.97 Å². The summed E-state index contributed by atoms with van der Waals surface area (Å²) in [7, 11) is 0. The Hall–Kier alpha value is -3.41. The van der Waals surface area contributed by atoms with E-state index in [0.717, 1.165) is 23.3 Å². The molecular formula is C22H21NO5. The van der Waals surface area contributed by atoms with Crippen LogP contribution in [0.2, 0.25) is 0 Å². The molecule has 0 unspecified atom stereocenters. The molecule has 0 bridgehead atoms. The van der Waals surface area contributed by atoms with Crippen molar-refractivity contribution in [2.45, 2.75) is 26.2 Å². The fourth-order valence-corrected chi connectivity index (χ4v) is 2.87. The van der Waals surface area contributed by atoms with Crippen LogP contribution in [0.1, 0.15) is 33.8 Å². The Balaban J connectivity index is 1.61. The van der Waals surface area contributed by atoms with Crippen molar-refractivity contribution in [2.24, 2.45) is 0 Å². The van der Waals surface area contributed by atoms with Crippen molar-refractivity contribution in [3.05, 3.63) is 71.1 Å². The summed E-state index contributed by atoms with van der Waals surface area (Å²) in [6.45, 7) is 2.25. The zero-order valence-electron chi connectivity index (χ0n) is 15.6. The zero-order chi connectivity index (χ0) is 19.9. The van der Waals surface area contributed by atoms with E-state index in [9.17, 15) is 9.59 Å². The molecule has 0 fully saturated rings. The number of nitrogens with zero attached hydrogens (tertiary/aromatic N) is 1. The largest absolute Gasteiger partial charge is 0.493 e. The summed E-state index contributed by atoms with van der Waals surface area (Å²) in [5.74, 6) is 1.000. The van der Waals surface area contributed by atoms with Crippen molar-refractivity contribution in [3.8, 4) is 17.2 Å². The van der Waals surface area contributed by atoms with Gasteiger partial charge in [0.2, 0.25) is 5.89 Å². The molecular weight excluding hydrogens is 358 g/mol. The van der Waals surface area contributed by atoms with E-state index >= 15 is 0 Å². The van der Waals surface area contributed by atoms with Gasteiger partial charge in [0.25, 0.3) is 0 Å². The molecule has 144 valence electrons. The summed E-state index contributed by atoms with van der Waals surface area (Å²) in [5, 5.41) is 8.79. The molecule has 0 saturated heterocycles. The fraction of sp³-hybridized carbons (Fsp3) is 0.227. The Bertz CT molecular complexity index is 962. The van der Waals surface area contributed by atoms with E-state index in [4.69, 9.17) is 14.3 Å². The van der Waals surface area contributed by atoms with Gasteiger partial charge in [-0.1, -0.05) is 24.3 Å². The number of carboxylic acids is 1. The van der Waals surface area contributed by atoms with Crippen molar-refractivity contribution < 1.29 is 23.8 Å². The lowest BCUT2D eigenvalue weighted by atomic mass is 10.0. The summed E-state index contributed by atoms with van der Waals surface area (Å²) in [4.78, 5) is 26.5. The number of rotatable bonds is 9. The van der Waals surface area contributed by atoms with Crippen molar-refractivity contribution in [3.63, 3.8) is 0 Å². The number of carboxylic acid groups (broad SMARTS) is 1. The lowest BCUT2D eigenvalue weighted by molar-refractivity contribution is -0.136. The van der Waals surface area contributed by atoms with Gasteiger partial charge in [0.05, 0.1) is 12.3 Å². The third-order valence-corrected chi connectivity index (χ3v) is 4.37. The molecule has 1 aromatic heterocycles. The number of aromatic nitrogens is 1. The van der Waals surface area contributed by atoms with Crippen molar-refractivity contribution >= 4 is 12.3 Å². The molecule has 28 heavy (non-hydrogen) atoms. The second-order valence-electron chi connectivity index (χ2n) is 6.36. The number of aryl methyl sites for hydroxylation is 2. The van der Waals surface area contributed by atoms with Crippen LogP contribution in [0, 0.1) is 6.92 Å². The van der Waals surface area contributed by atoms with E-state index in [-0.39, 0.29) is 6.42 Å². The zero-order valence-corrected chi connectivity index (χ0v) is 15.6. The molecule has 6 nitrogen and oxygen atoms in total. The third-order valence-electron chi connectivity index (χ3n) is 4.37. The highest BCUT2D eigenvalue weighted by Crippen LogP contribution is 2.22. The van der Waals surface area contributed by atoms with Crippen molar-refractivity contribution in [1.82, 2.24) is 4.98 Å². The van der Waals surface area contributed by atoms with Crippen LogP contribution in [-0.4, -0.2) is 29.0 Å². The Morgan fingerprint density at radius 2 is 1.96 bits per heavy atom. The normalized spacial score (nSPS) is 10.6. The first-order valence-corrected chi connectivity index (χ1v) is 9.01. The predicted molar refractivity (Wildman–Crippen MR) is 104 cm³/mol. The smallest absolute Gasteiger partial charge is 0.303 e. The first-order chi connectivity index (χ1) is 13.6. The first kappa shape index (κ1) is 19.4. The van der Waals surface area contributed by atoms with Crippen LogP contribution >= 0.6 is 0 Å². The van der Waals surface area contributed by atoms with E-state index in [2.05, 4.69) is 4.98 Å². The van der Waals surface area contributed by atoms with E-state index in [1.807, 2.05) is 37.3 Å². The predicted octanol–water partition coefficient (Wildman–Crippen LogP) is 4.10. The number of carbonyl (C=O) groups is 2. The summed E-state index contributed by atoms with van der Waals surface area (Å²) >= 11 is 0. The molecule has 1 heterocycles. The molecule has 2 aromatic carbocycles. The second-order valence-corrected chi connectivity index (χ2v) is 6.36. The number of carbonyl (C=O) groups excluding carboxylic acids is 1. The fourth-order valence-electron chi connectivity index (χ4n) is 2.87. The average Bonchev–Trinajstić information content (AvgIpc) is 3.08. The summed E-state index contributed by atoms with van der Waals surface area (Å²) in [5.41, 5.74) is 2.89. The Morgan fingerprint density at radius 3 is 2.68 bits per heavy atom. The van der Waals surface area contributed by atoms with E-state index in [1.165, 1.54) is 0 Å². The molecule has 1 N–H and O–H groups in total. The van der Waals surface area contributed by atoms with Gasteiger partial charge in [-0.25, -0.2) is 4.98 Å². The highest BCUT2D eigenvalue weighted by Gasteiger charge is 2.12. The number of hydrogen-bond acceptors (Lipinski definition) is 5. The molecule has 3 rings (SSSR count). The lowest BCUT2D eigenvalue weighted by Crippen LogP contribution is -2.04. The van der Waals surface area contributed by atoms with Gasteiger partial charge in [-0.15, -0.1) is 0 Å². The van der Waals surface area contributed by atoms with Gasteiger partial charge in [0, 0.05) is 24.0 Å². The molecule has 0 aliphatic heterocycles. The number of hydrogen-bond donors (Lipinski definition) is 1. The van der Waals surface area contributed by atoms with Crippen LogP contribution < -0.4 is 4.74 Å². The van der Waals surface area contributed by atoms with E-state index in [1.54, 1.807) is 18.2 Å². The first-order valence-electron chi connectivity index (χ1n) is 9.01. The molecule has 3 aromatic rings. The van der Waals surface area contributed by atoms with Gasteiger partial charge in [-0.2, -0.15) is 0 Å². The number of ether oxygens (including phenoxy) is 1. The average molecular weight is 379 g/mol. The number of aldehydes is 1. The molecule has 0 spiro atoms. The molecule has 0 radical (unpaired) electrons. The van der Waals surface area contributed by atoms with Crippen LogP contribution in [0.5, 0.6) is 5.75 Å². The maximum atomic E-state index is 11.3. The standard InChI is InChI=1S/C22H21NO5/c1-15-20(23-22(28-15)17-5-3-2-4-6-17)11-12-27-19-9-7-16(8-10-21(25)26)18(13-19)14-24/h2-7,9,13-14H,8,10-12H2,1H3,(H,25,26). The van der Waals surface area contributed by atoms with Crippen LogP contribution in [0.25, 0.3) is 11.5 Å². The Kier molecular flexibility index (Phi) is 6.22. The number of benzene rings is 2. The Labute approximate surface area is 162 Å². The van der Waals surface area contributed by atoms with Crippen molar-refractivity contribution in [2.75, 3.05) is 6.61 Å². The minimum atomic E-state index is -0.893. The van der Waals surface area contributed by atoms with Crippen LogP contribution in [0.15, 0.2) is 52.9 Å². The topological polar surface area (TPSA) is 89.6 Å². The molecule has 0 saturated carbocycles. The second kappa shape index (κ2) is 8.99. The van der Waals surface area contributed by atoms with Gasteiger partial charge in [0.15, 0.2) is 0 Å². The number of aliphatic carboxylic acids is 1. The molecule has 0 aliphatic rings. The minimum absolute atomic E-state index is 0.0176. The van der Waals surface area contributed by atoms with Crippen LogP contribution in [0.3, 0.4) is 0 Å². The maximum absolute atomic E-state index is 11.3. The van der Waals surface area contributed by atoms with Crippen LogP contribution in [0.4, 0.5) is 0 Å². The SMILES string of the molecule is Cc1oc(-c2ccccc2)nc1CCOc1ccc(CCC(=O)O)c(C=O)c1. The van der Waals surface area contributed by atoms with Crippen LogP contribution in [-0.2, 0) is 17.6 Å². The summed E-state index contributed by atoms with van der Waals surface area (Å²) in [6, 6.07) is 14.8. The third kappa shape index (κ3) is 4.85. The quantitative estimate of drug-likeness (QED) is 0.563. The molecule has 0 amide bonds. The molecule has 0 aliphatic carbocycles. The highest BCUT2D eigenvalue weighted by atomic mass is 16.5.